The fraction of sp³-hybridized carbons (Fsp3) is 0.704. The number of Topliss-reactive ketones (excluding diaryl/α,β-unsaturated/α-hetero) is 1. The third-order valence-corrected chi connectivity index (χ3v) is 9.78. The van der Waals surface area contributed by atoms with E-state index in [0.717, 1.165) is 0 Å². The summed E-state index contributed by atoms with van der Waals surface area (Å²) in [6, 6.07) is 0. The van der Waals surface area contributed by atoms with Crippen LogP contribution < -0.4 is 0 Å². The van der Waals surface area contributed by atoms with Crippen molar-refractivity contribution in [1.29, 1.82) is 0 Å². The van der Waals surface area contributed by atoms with E-state index in [-0.39, 0.29) is 61.0 Å². The number of rotatable bonds is 7. The Bertz CT molecular complexity index is 1060. The molecule has 4 rings (SSSR count). The molecule has 0 unspecified atom stereocenters. The maximum atomic E-state index is 17.1. The van der Waals surface area contributed by atoms with Crippen molar-refractivity contribution in [3.8, 4) is 0 Å². The third-order valence-electron chi connectivity index (χ3n) is 9.78. The number of carbonyl (C=O) groups is 4. The average Bonchev–Trinajstić information content (AvgIpc) is 3.00. The minimum absolute atomic E-state index is 0. The van der Waals surface area contributed by atoms with Crippen molar-refractivity contribution < 1.29 is 43.6 Å². The van der Waals surface area contributed by atoms with E-state index in [2.05, 4.69) is 0 Å². The fourth-order valence-corrected chi connectivity index (χ4v) is 7.85. The van der Waals surface area contributed by atoms with Gasteiger partial charge in [0.2, 0.25) is 5.78 Å². The predicted molar refractivity (Wildman–Crippen MR) is 131 cm³/mol. The first-order valence-corrected chi connectivity index (χ1v) is 12.7. The van der Waals surface area contributed by atoms with Crippen molar-refractivity contribution in [3.63, 3.8) is 0 Å². The fourth-order valence-electron chi connectivity index (χ4n) is 7.85. The molecule has 4 aliphatic carbocycles. The summed E-state index contributed by atoms with van der Waals surface area (Å²) < 4.78 is 22.2. The largest absolute Gasteiger partial charge is 0.481 e. The van der Waals surface area contributed by atoms with Crippen molar-refractivity contribution in [2.24, 2.45) is 28.6 Å². The van der Waals surface area contributed by atoms with Crippen LogP contribution in [-0.2, 0) is 23.9 Å². The maximum absolute atomic E-state index is 17.1. The Labute approximate surface area is 238 Å². The van der Waals surface area contributed by atoms with E-state index >= 15 is 4.39 Å². The third kappa shape index (κ3) is 4.39. The molecule has 0 aromatic carbocycles. The summed E-state index contributed by atoms with van der Waals surface area (Å²) >= 11 is 0. The van der Waals surface area contributed by atoms with Crippen LogP contribution in [0.15, 0.2) is 23.8 Å². The van der Waals surface area contributed by atoms with Crippen LogP contribution in [0.5, 0.6) is 0 Å². The van der Waals surface area contributed by atoms with E-state index in [1.54, 1.807) is 26.8 Å². The van der Waals surface area contributed by atoms with Gasteiger partial charge in [-0.1, -0.05) is 25.5 Å². The first-order chi connectivity index (χ1) is 16.7. The topological polar surface area (TPSA) is 138 Å². The molecule has 1 radical (unpaired) electrons. The van der Waals surface area contributed by atoms with Gasteiger partial charge in [0.1, 0.15) is 5.60 Å². The molecular weight excluding hydrogens is 494 g/mol. The Hall–Kier alpha value is -1.39. The summed E-state index contributed by atoms with van der Waals surface area (Å²) in [5.41, 5.74) is -5.65. The maximum Gasteiger partial charge on any atom is 0.306 e. The normalized spacial score (nSPS) is 42.0. The summed E-state index contributed by atoms with van der Waals surface area (Å²) in [4.78, 5) is 47.9. The van der Waals surface area contributed by atoms with Crippen LogP contribution in [0.1, 0.15) is 65.7 Å². The van der Waals surface area contributed by atoms with Gasteiger partial charge in [-0.15, -0.1) is 0 Å². The van der Waals surface area contributed by atoms with Gasteiger partial charge in [0.15, 0.2) is 18.1 Å². The molecule has 0 heterocycles. The van der Waals surface area contributed by atoms with Crippen LogP contribution in [0.25, 0.3) is 0 Å². The molecule has 199 valence electrons. The van der Waals surface area contributed by atoms with Gasteiger partial charge in [-0.3, -0.25) is 19.2 Å². The standard InChI is InChI=1S/C27H35FO8.Na/c1-15-11-19-18-8-7-16-12-17(29)9-10-24(16,2)26(18,28)20(30)13-25(19,3)27(15,35)21(31)14-36-23(34)6-4-5-22(32)33;/h9-10,12,15,18-20,30,35H,4-8,11,13-14H2,1-3H3,(H,32,33);/t15-,18+,19+,20+,24+,25+,26+,27+;/m1./s1. The number of hydrogen-bond acceptors (Lipinski definition) is 7. The number of carbonyl (C=O) groups excluding carboxylic acids is 3. The SMILES string of the molecule is C[C@@H]1C[C@H]2[C@@H]3CCC4=CC(=O)C=C[C@]4(C)[C@@]3(F)[C@@H](O)C[C@]2(C)[C@@]1(O)C(=O)COC(=O)CCCC(=O)O.[Na]. The number of esters is 1. The van der Waals surface area contributed by atoms with E-state index in [4.69, 9.17) is 9.84 Å². The molecule has 0 aromatic rings. The van der Waals surface area contributed by atoms with Gasteiger partial charge in [-0.25, -0.2) is 4.39 Å². The number of aliphatic hydroxyl groups excluding tert-OH is 1. The van der Waals surface area contributed by atoms with E-state index in [1.165, 1.54) is 12.2 Å². The van der Waals surface area contributed by atoms with Crippen molar-refractivity contribution in [1.82, 2.24) is 0 Å². The van der Waals surface area contributed by atoms with Crippen molar-refractivity contribution in [3.05, 3.63) is 23.8 Å². The number of carboxylic acid groups (broad SMARTS) is 1. The van der Waals surface area contributed by atoms with Gasteiger partial charge >= 0.3 is 11.9 Å². The monoisotopic (exact) mass is 529 g/mol. The molecule has 0 aromatic heterocycles. The van der Waals surface area contributed by atoms with Gasteiger partial charge in [-0.05, 0) is 63.0 Å². The quantitative estimate of drug-likeness (QED) is 0.338. The van der Waals surface area contributed by atoms with E-state index in [9.17, 15) is 29.4 Å². The van der Waals surface area contributed by atoms with Crippen LogP contribution in [0.4, 0.5) is 4.39 Å². The zero-order valence-electron chi connectivity index (χ0n) is 22.0. The molecule has 10 heteroatoms. The number of ketones is 2. The summed E-state index contributed by atoms with van der Waals surface area (Å²) in [7, 11) is 0. The molecule has 0 amide bonds. The molecule has 3 saturated carbocycles. The molecule has 3 fully saturated rings. The van der Waals surface area contributed by atoms with E-state index in [1.807, 2.05) is 0 Å². The molecule has 0 saturated heterocycles. The molecular formula is C27H35FNaO8. The first-order valence-electron chi connectivity index (χ1n) is 12.7. The van der Waals surface area contributed by atoms with Crippen molar-refractivity contribution >= 4 is 53.1 Å². The number of hydrogen-bond donors (Lipinski definition) is 3. The number of alkyl halides is 1. The number of fused-ring (bicyclic) bond motifs is 5. The number of ether oxygens (including phenoxy) is 1. The van der Waals surface area contributed by atoms with Crippen molar-refractivity contribution in [2.45, 2.75) is 83.1 Å². The zero-order valence-corrected chi connectivity index (χ0v) is 24.0. The van der Waals surface area contributed by atoms with Crippen LogP contribution in [0.2, 0.25) is 0 Å². The molecule has 8 atom stereocenters. The molecule has 0 aliphatic heterocycles. The second kappa shape index (κ2) is 10.3. The number of allylic oxidation sites excluding steroid dienone is 4. The molecule has 4 aliphatic rings. The average molecular weight is 530 g/mol. The zero-order chi connectivity index (χ0) is 26.7. The van der Waals surface area contributed by atoms with Crippen molar-refractivity contribution in [2.75, 3.05) is 6.61 Å². The Morgan fingerprint density at radius 1 is 1.19 bits per heavy atom. The van der Waals surface area contributed by atoms with E-state index in [0.29, 0.717) is 24.8 Å². The minimum atomic E-state index is -2.07. The van der Waals surface area contributed by atoms with Gasteiger partial charge in [0, 0.05) is 59.1 Å². The Kier molecular flexibility index (Phi) is 8.39. The Morgan fingerprint density at radius 2 is 1.86 bits per heavy atom. The van der Waals surface area contributed by atoms with Gasteiger partial charge < -0.3 is 20.1 Å². The van der Waals surface area contributed by atoms with Gasteiger partial charge in [0.05, 0.1) is 6.10 Å². The molecule has 37 heavy (non-hydrogen) atoms. The summed E-state index contributed by atoms with van der Waals surface area (Å²) in [5.74, 6) is -4.29. The molecule has 3 N–H and O–H groups in total. The Morgan fingerprint density at radius 3 is 2.51 bits per heavy atom. The smallest absolute Gasteiger partial charge is 0.306 e. The second-order valence-electron chi connectivity index (χ2n) is 11.5. The second-order valence-corrected chi connectivity index (χ2v) is 11.5. The van der Waals surface area contributed by atoms with Crippen LogP contribution >= 0.6 is 0 Å². The minimum Gasteiger partial charge on any atom is -0.481 e. The first kappa shape index (κ1) is 30.2. The summed E-state index contributed by atoms with van der Waals surface area (Å²) in [5, 5.41) is 31.9. The van der Waals surface area contributed by atoms with Crippen LogP contribution in [0, 0.1) is 28.6 Å². The predicted octanol–water partition coefficient (Wildman–Crippen LogP) is 2.32. The van der Waals surface area contributed by atoms with E-state index < -0.39 is 70.3 Å². The van der Waals surface area contributed by atoms with Crippen LogP contribution in [-0.4, -0.2) is 92.4 Å². The molecule has 8 nitrogen and oxygen atoms in total. The number of aliphatic carboxylic acids is 1. The van der Waals surface area contributed by atoms with Gasteiger partial charge in [-0.2, -0.15) is 0 Å². The van der Waals surface area contributed by atoms with Crippen LogP contribution in [0.3, 0.4) is 0 Å². The van der Waals surface area contributed by atoms with Gasteiger partial charge in [0.25, 0.3) is 0 Å². The molecule has 0 spiro atoms. The Balaban J connectivity index is 0.00000380. The number of carboxylic acids is 1. The summed E-state index contributed by atoms with van der Waals surface area (Å²) in [6.45, 7) is 4.47. The number of aliphatic hydroxyl groups is 2. The molecule has 0 bridgehead atoms. The number of halogens is 1. The summed E-state index contributed by atoms with van der Waals surface area (Å²) in [6.07, 6.45) is 3.65.